The van der Waals surface area contributed by atoms with E-state index >= 15 is 0 Å². The quantitative estimate of drug-likeness (QED) is 0.607. The molecule has 1 aromatic rings. The lowest BCUT2D eigenvalue weighted by atomic mass is 9.80. The molecular formula is C15H18O3. The molecule has 96 valence electrons. The fourth-order valence-corrected chi connectivity index (χ4v) is 2.98. The van der Waals surface area contributed by atoms with Gasteiger partial charge in [-0.05, 0) is 37.3 Å². The van der Waals surface area contributed by atoms with Crippen LogP contribution in [0, 0.1) is 0 Å². The standard InChI is InChI=1S/C15H18O3/c1-2-17-15(16)14-13(18-14)12-9-5-7-10-6-3-4-8-11(10)12/h3-4,6,8,12-14H,2,5,7,9H2,1H3/t12-,13+,14+/m1/s1. The van der Waals surface area contributed by atoms with Crippen LogP contribution in [0.3, 0.4) is 0 Å². The molecule has 1 fully saturated rings. The number of aryl methyl sites for hydroxylation is 1. The van der Waals surface area contributed by atoms with Crippen molar-refractivity contribution in [2.24, 2.45) is 0 Å². The van der Waals surface area contributed by atoms with Crippen molar-refractivity contribution >= 4 is 5.97 Å². The van der Waals surface area contributed by atoms with Gasteiger partial charge in [0, 0.05) is 5.92 Å². The molecule has 1 aliphatic heterocycles. The van der Waals surface area contributed by atoms with Gasteiger partial charge >= 0.3 is 5.97 Å². The molecule has 0 amide bonds. The Morgan fingerprint density at radius 3 is 3.11 bits per heavy atom. The second kappa shape index (κ2) is 4.73. The maximum atomic E-state index is 11.6. The van der Waals surface area contributed by atoms with Crippen molar-refractivity contribution in [2.45, 2.75) is 44.3 Å². The van der Waals surface area contributed by atoms with Crippen molar-refractivity contribution in [3.05, 3.63) is 35.4 Å². The minimum absolute atomic E-state index is 0.0329. The van der Waals surface area contributed by atoms with E-state index in [0.29, 0.717) is 12.5 Å². The predicted octanol–water partition coefficient (Wildman–Crippen LogP) is 2.44. The summed E-state index contributed by atoms with van der Waals surface area (Å²) < 4.78 is 10.6. The first-order chi connectivity index (χ1) is 8.81. The fourth-order valence-electron chi connectivity index (χ4n) is 2.98. The maximum Gasteiger partial charge on any atom is 0.338 e. The molecule has 0 radical (unpaired) electrons. The van der Waals surface area contributed by atoms with Crippen LogP contribution >= 0.6 is 0 Å². The highest BCUT2D eigenvalue weighted by Crippen LogP contribution is 2.43. The zero-order valence-electron chi connectivity index (χ0n) is 10.6. The van der Waals surface area contributed by atoms with Crippen LogP contribution in [0.2, 0.25) is 0 Å². The first-order valence-electron chi connectivity index (χ1n) is 6.71. The SMILES string of the molecule is CCOC(=O)[C@H]1O[C@H]1[C@@H]1CCCc2ccccc21. The molecule has 1 aromatic carbocycles. The minimum atomic E-state index is -0.332. The summed E-state index contributed by atoms with van der Waals surface area (Å²) in [6.45, 7) is 2.25. The zero-order chi connectivity index (χ0) is 12.5. The average Bonchev–Trinajstić information content (AvgIpc) is 3.18. The van der Waals surface area contributed by atoms with Crippen LogP contribution in [0.5, 0.6) is 0 Å². The van der Waals surface area contributed by atoms with Gasteiger partial charge in [-0.15, -0.1) is 0 Å². The third-order valence-corrected chi connectivity index (χ3v) is 3.86. The topological polar surface area (TPSA) is 38.8 Å². The van der Waals surface area contributed by atoms with Crippen LogP contribution in [-0.4, -0.2) is 24.8 Å². The number of hydrogen-bond acceptors (Lipinski definition) is 3. The van der Waals surface area contributed by atoms with E-state index in [-0.39, 0.29) is 18.2 Å². The van der Waals surface area contributed by atoms with E-state index in [0.717, 1.165) is 12.8 Å². The Kier molecular flexibility index (Phi) is 3.08. The monoisotopic (exact) mass is 246 g/mol. The summed E-state index contributed by atoms with van der Waals surface area (Å²) >= 11 is 0. The molecule has 2 aliphatic rings. The molecule has 3 nitrogen and oxygen atoms in total. The number of ether oxygens (including phenoxy) is 2. The lowest BCUT2D eigenvalue weighted by molar-refractivity contribution is -0.144. The molecule has 0 bridgehead atoms. The molecule has 3 heteroatoms. The molecule has 0 N–H and O–H groups in total. The number of benzene rings is 1. The second-order valence-electron chi connectivity index (χ2n) is 4.97. The van der Waals surface area contributed by atoms with Gasteiger partial charge in [0.05, 0.1) is 6.61 Å². The number of carbonyl (C=O) groups excluding carboxylic acids is 1. The molecular weight excluding hydrogens is 228 g/mol. The van der Waals surface area contributed by atoms with Crippen molar-refractivity contribution < 1.29 is 14.3 Å². The van der Waals surface area contributed by atoms with Crippen molar-refractivity contribution in [1.29, 1.82) is 0 Å². The zero-order valence-corrected chi connectivity index (χ0v) is 10.6. The van der Waals surface area contributed by atoms with Gasteiger partial charge in [-0.3, -0.25) is 0 Å². The molecule has 18 heavy (non-hydrogen) atoms. The van der Waals surface area contributed by atoms with E-state index in [1.54, 1.807) is 0 Å². The molecule has 1 heterocycles. The largest absolute Gasteiger partial charge is 0.464 e. The molecule has 1 aliphatic carbocycles. The van der Waals surface area contributed by atoms with Crippen LogP contribution in [0.15, 0.2) is 24.3 Å². The van der Waals surface area contributed by atoms with E-state index < -0.39 is 0 Å². The summed E-state index contributed by atoms with van der Waals surface area (Å²) in [5.74, 6) is 0.162. The number of fused-ring (bicyclic) bond motifs is 1. The fraction of sp³-hybridized carbons (Fsp3) is 0.533. The highest BCUT2D eigenvalue weighted by atomic mass is 16.6. The molecule has 0 saturated carbocycles. The third-order valence-electron chi connectivity index (χ3n) is 3.86. The van der Waals surface area contributed by atoms with E-state index in [9.17, 15) is 4.79 Å². The predicted molar refractivity (Wildman–Crippen MR) is 67.4 cm³/mol. The summed E-state index contributed by atoms with van der Waals surface area (Å²) in [6, 6.07) is 8.50. The Labute approximate surface area is 107 Å². The maximum absolute atomic E-state index is 11.6. The Hall–Kier alpha value is -1.35. The number of epoxide rings is 1. The first-order valence-corrected chi connectivity index (χ1v) is 6.71. The highest BCUT2D eigenvalue weighted by Gasteiger charge is 2.51. The van der Waals surface area contributed by atoms with Gasteiger partial charge in [0.25, 0.3) is 0 Å². The molecule has 0 spiro atoms. The number of esters is 1. The smallest absolute Gasteiger partial charge is 0.338 e. The van der Waals surface area contributed by atoms with Crippen LogP contribution in [-0.2, 0) is 20.7 Å². The number of rotatable bonds is 3. The van der Waals surface area contributed by atoms with Crippen molar-refractivity contribution in [3.8, 4) is 0 Å². The lowest BCUT2D eigenvalue weighted by Crippen LogP contribution is -2.20. The van der Waals surface area contributed by atoms with E-state index in [2.05, 4.69) is 24.3 Å². The van der Waals surface area contributed by atoms with E-state index in [4.69, 9.17) is 9.47 Å². The Bertz CT molecular complexity index is 455. The molecule has 0 unspecified atom stereocenters. The first kappa shape index (κ1) is 11.7. The summed E-state index contributed by atoms with van der Waals surface area (Å²) in [6.07, 6.45) is 3.13. The van der Waals surface area contributed by atoms with Crippen LogP contribution in [0.1, 0.15) is 36.8 Å². The van der Waals surface area contributed by atoms with Crippen molar-refractivity contribution in [2.75, 3.05) is 6.61 Å². The van der Waals surface area contributed by atoms with Gasteiger partial charge in [-0.1, -0.05) is 24.3 Å². The van der Waals surface area contributed by atoms with Gasteiger partial charge in [0.15, 0.2) is 6.10 Å². The van der Waals surface area contributed by atoms with Crippen LogP contribution in [0.25, 0.3) is 0 Å². The average molecular weight is 246 g/mol. The Morgan fingerprint density at radius 1 is 1.44 bits per heavy atom. The van der Waals surface area contributed by atoms with Crippen molar-refractivity contribution in [1.82, 2.24) is 0 Å². The molecule has 3 rings (SSSR count). The second-order valence-corrected chi connectivity index (χ2v) is 4.97. The lowest BCUT2D eigenvalue weighted by Gasteiger charge is -2.24. The molecule has 1 saturated heterocycles. The molecule has 3 atom stereocenters. The Morgan fingerprint density at radius 2 is 2.28 bits per heavy atom. The van der Waals surface area contributed by atoms with Gasteiger partial charge in [-0.2, -0.15) is 0 Å². The summed E-state index contributed by atoms with van der Waals surface area (Å²) in [7, 11) is 0. The summed E-state index contributed by atoms with van der Waals surface area (Å²) in [5.41, 5.74) is 2.77. The molecule has 0 aromatic heterocycles. The van der Waals surface area contributed by atoms with Crippen molar-refractivity contribution in [3.63, 3.8) is 0 Å². The number of carbonyl (C=O) groups is 1. The Balaban J connectivity index is 1.74. The number of hydrogen-bond donors (Lipinski definition) is 0. The highest BCUT2D eigenvalue weighted by molar-refractivity contribution is 5.78. The minimum Gasteiger partial charge on any atom is -0.464 e. The van der Waals surface area contributed by atoms with Crippen LogP contribution < -0.4 is 0 Å². The van der Waals surface area contributed by atoms with Gasteiger partial charge in [0.2, 0.25) is 0 Å². The van der Waals surface area contributed by atoms with Gasteiger partial charge < -0.3 is 9.47 Å². The van der Waals surface area contributed by atoms with Gasteiger partial charge in [-0.25, -0.2) is 4.79 Å². The van der Waals surface area contributed by atoms with Crippen LogP contribution in [0.4, 0.5) is 0 Å². The summed E-state index contributed by atoms with van der Waals surface area (Å²) in [5, 5.41) is 0. The van der Waals surface area contributed by atoms with Gasteiger partial charge in [0.1, 0.15) is 6.10 Å². The third kappa shape index (κ3) is 2.03. The van der Waals surface area contributed by atoms with E-state index in [1.165, 1.54) is 17.5 Å². The normalized spacial score (nSPS) is 29.5. The summed E-state index contributed by atoms with van der Waals surface area (Å²) in [4.78, 5) is 11.6. The van der Waals surface area contributed by atoms with E-state index in [1.807, 2.05) is 6.92 Å².